The lowest BCUT2D eigenvalue weighted by molar-refractivity contribution is -0.194. The topological polar surface area (TPSA) is 26.3 Å². The summed E-state index contributed by atoms with van der Waals surface area (Å²) in [5.74, 6) is 0.749. The first-order chi connectivity index (χ1) is 6.21. The Kier molecular flexibility index (Phi) is 1.33. The van der Waals surface area contributed by atoms with Crippen LogP contribution in [-0.2, 0) is 9.53 Å². The molecule has 0 radical (unpaired) electrons. The van der Waals surface area contributed by atoms with E-state index in [0.717, 1.165) is 19.4 Å². The second kappa shape index (κ2) is 2.17. The quantitative estimate of drug-likeness (QED) is 0.569. The fourth-order valence-electron chi connectivity index (χ4n) is 3.88. The van der Waals surface area contributed by atoms with Gasteiger partial charge in [0.15, 0.2) is 5.78 Å². The minimum absolute atomic E-state index is 0.266. The monoisotopic (exact) mass is 180 g/mol. The van der Waals surface area contributed by atoms with Gasteiger partial charge in [0, 0.05) is 17.9 Å². The lowest BCUT2D eigenvalue weighted by Crippen LogP contribution is -2.68. The standard InChI is InChI=1S/C11H16O2/c1-10-9(12)8-4-2-3-5-11(8,10)6-7-13-10/h8H,2-7H2,1H3/t8-,10-,11+/m1/s1. The zero-order valence-electron chi connectivity index (χ0n) is 8.14. The maximum absolute atomic E-state index is 11.9. The molecule has 3 rings (SSSR count). The fourth-order valence-corrected chi connectivity index (χ4v) is 3.88. The van der Waals surface area contributed by atoms with Crippen molar-refractivity contribution in [2.24, 2.45) is 11.3 Å². The van der Waals surface area contributed by atoms with Gasteiger partial charge in [0.25, 0.3) is 0 Å². The van der Waals surface area contributed by atoms with Crippen LogP contribution >= 0.6 is 0 Å². The van der Waals surface area contributed by atoms with Gasteiger partial charge >= 0.3 is 0 Å². The Morgan fingerprint density at radius 2 is 2.23 bits per heavy atom. The van der Waals surface area contributed by atoms with E-state index >= 15 is 0 Å². The third-order valence-corrected chi connectivity index (χ3v) is 4.71. The van der Waals surface area contributed by atoms with E-state index in [1.54, 1.807) is 0 Å². The minimum Gasteiger partial charge on any atom is -0.367 e. The van der Waals surface area contributed by atoms with Gasteiger partial charge in [-0.3, -0.25) is 4.79 Å². The third kappa shape index (κ3) is 0.653. The predicted octanol–water partition coefficient (Wildman–Crippen LogP) is 1.92. The molecule has 2 aliphatic carbocycles. The van der Waals surface area contributed by atoms with Gasteiger partial charge in [-0.25, -0.2) is 0 Å². The second-order valence-corrected chi connectivity index (χ2v) is 4.95. The molecule has 1 saturated heterocycles. The fraction of sp³-hybridized carbons (Fsp3) is 0.909. The molecule has 0 amide bonds. The summed E-state index contributed by atoms with van der Waals surface area (Å²) >= 11 is 0. The maximum Gasteiger partial charge on any atom is 0.168 e. The molecule has 3 fully saturated rings. The van der Waals surface area contributed by atoms with E-state index < -0.39 is 0 Å². The summed E-state index contributed by atoms with van der Waals surface area (Å²) < 4.78 is 5.66. The summed E-state index contributed by atoms with van der Waals surface area (Å²) in [5.41, 5.74) is -0.111. The van der Waals surface area contributed by atoms with Crippen LogP contribution in [0.4, 0.5) is 0 Å². The van der Waals surface area contributed by atoms with Crippen LogP contribution in [0.2, 0.25) is 0 Å². The summed E-state index contributed by atoms with van der Waals surface area (Å²) in [5, 5.41) is 0. The van der Waals surface area contributed by atoms with Crippen molar-refractivity contribution in [1.29, 1.82) is 0 Å². The van der Waals surface area contributed by atoms with E-state index in [0.29, 0.717) is 11.7 Å². The molecule has 3 atom stereocenters. The van der Waals surface area contributed by atoms with Gasteiger partial charge < -0.3 is 4.74 Å². The number of hydrogen-bond donors (Lipinski definition) is 0. The first-order valence-corrected chi connectivity index (χ1v) is 5.39. The van der Waals surface area contributed by atoms with E-state index in [-0.39, 0.29) is 11.0 Å². The SMILES string of the molecule is C[C@]12OCC[C@]13CCCC[C@@H]3C2=O. The molecular weight excluding hydrogens is 164 g/mol. The molecule has 2 saturated carbocycles. The number of Topliss-reactive ketones (excluding diaryl/α,β-unsaturated/α-hetero) is 1. The summed E-state index contributed by atoms with van der Waals surface area (Å²) in [7, 11) is 0. The average molecular weight is 180 g/mol. The van der Waals surface area contributed by atoms with Gasteiger partial charge in [-0.2, -0.15) is 0 Å². The molecule has 0 aromatic heterocycles. The highest BCUT2D eigenvalue weighted by Gasteiger charge is 2.72. The molecule has 1 aliphatic heterocycles. The largest absolute Gasteiger partial charge is 0.367 e. The smallest absolute Gasteiger partial charge is 0.168 e. The highest BCUT2D eigenvalue weighted by Crippen LogP contribution is 2.65. The number of rotatable bonds is 0. The van der Waals surface area contributed by atoms with Crippen molar-refractivity contribution in [3.8, 4) is 0 Å². The Bertz CT molecular complexity index is 273. The minimum atomic E-state index is -0.377. The van der Waals surface area contributed by atoms with E-state index in [9.17, 15) is 4.79 Å². The van der Waals surface area contributed by atoms with Crippen LogP contribution in [0.1, 0.15) is 39.0 Å². The number of ether oxygens (including phenoxy) is 1. The average Bonchev–Trinajstić information content (AvgIpc) is 2.41. The van der Waals surface area contributed by atoms with Gasteiger partial charge in [0.2, 0.25) is 0 Å². The Morgan fingerprint density at radius 1 is 1.38 bits per heavy atom. The number of carbonyl (C=O) groups excluding carboxylic acids is 1. The molecule has 1 spiro atoms. The van der Waals surface area contributed by atoms with Gasteiger partial charge in [0.1, 0.15) is 5.60 Å². The Hall–Kier alpha value is -0.370. The van der Waals surface area contributed by atoms with Gasteiger partial charge in [0.05, 0.1) is 0 Å². The third-order valence-electron chi connectivity index (χ3n) is 4.71. The predicted molar refractivity (Wildman–Crippen MR) is 48.4 cm³/mol. The van der Waals surface area contributed by atoms with Gasteiger partial charge in [-0.15, -0.1) is 0 Å². The van der Waals surface area contributed by atoms with Crippen LogP contribution in [0.15, 0.2) is 0 Å². The van der Waals surface area contributed by atoms with Crippen molar-refractivity contribution in [3.63, 3.8) is 0 Å². The molecule has 72 valence electrons. The molecular formula is C11H16O2. The zero-order chi connectivity index (χ0) is 9.10. The first-order valence-electron chi connectivity index (χ1n) is 5.39. The first kappa shape index (κ1) is 7.98. The van der Waals surface area contributed by atoms with Crippen molar-refractivity contribution in [2.75, 3.05) is 6.61 Å². The summed E-state index contributed by atoms with van der Waals surface area (Å²) in [4.78, 5) is 11.9. The Labute approximate surface area is 78.6 Å². The van der Waals surface area contributed by atoms with Crippen molar-refractivity contribution < 1.29 is 9.53 Å². The molecule has 0 unspecified atom stereocenters. The molecule has 13 heavy (non-hydrogen) atoms. The highest BCUT2D eigenvalue weighted by atomic mass is 16.5. The molecule has 0 N–H and O–H groups in total. The Morgan fingerprint density at radius 3 is 3.08 bits per heavy atom. The van der Waals surface area contributed by atoms with Crippen LogP contribution < -0.4 is 0 Å². The molecule has 1 heterocycles. The Balaban J connectivity index is 2.02. The number of hydrogen-bond acceptors (Lipinski definition) is 2. The molecule has 0 aromatic rings. The molecule has 0 bridgehead atoms. The van der Waals surface area contributed by atoms with E-state index in [1.807, 2.05) is 6.92 Å². The normalized spacial score (nSPS) is 53.9. The summed E-state index contributed by atoms with van der Waals surface area (Å²) in [6, 6.07) is 0. The van der Waals surface area contributed by atoms with E-state index in [4.69, 9.17) is 4.74 Å². The van der Waals surface area contributed by atoms with E-state index in [1.165, 1.54) is 19.3 Å². The zero-order valence-corrected chi connectivity index (χ0v) is 8.14. The van der Waals surface area contributed by atoms with Crippen molar-refractivity contribution in [2.45, 2.75) is 44.6 Å². The van der Waals surface area contributed by atoms with Crippen LogP contribution in [-0.4, -0.2) is 18.0 Å². The van der Waals surface area contributed by atoms with Crippen molar-refractivity contribution in [3.05, 3.63) is 0 Å². The maximum atomic E-state index is 11.9. The number of carbonyl (C=O) groups is 1. The van der Waals surface area contributed by atoms with Gasteiger partial charge in [-0.05, 0) is 26.2 Å². The molecule has 0 aromatic carbocycles. The second-order valence-electron chi connectivity index (χ2n) is 4.95. The summed E-state index contributed by atoms with van der Waals surface area (Å²) in [6.45, 7) is 2.82. The van der Waals surface area contributed by atoms with Crippen molar-refractivity contribution >= 4 is 5.78 Å². The van der Waals surface area contributed by atoms with Crippen LogP contribution in [0, 0.1) is 11.3 Å². The van der Waals surface area contributed by atoms with Crippen molar-refractivity contribution in [1.82, 2.24) is 0 Å². The van der Waals surface area contributed by atoms with Crippen LogP contribution in [0.3, 0.4) is 0 Å². The lowest BCUT2D eigenvalue weighted by Gasteiger charge is -2.58. The molecule has 2 nitrogen and oxygen atoms in total. The lowest BCUT2D eigenvalue weighted by atomic mass is 9.45. The van der Waals surface area contributed by atoms with Crippen LogP contribution in [0.5, 0.6) is 0 Å². The van der Waals surface area contributed by atoms with E-state index in [2.05, 4.69) is 0 Å². The molecule has 3 aliphatic rings. The summed E-state index contributed by atoms with van der Waals surface area (Å²) in [6.07, 6.45) is 6.01. The molecule has 2 heteroatoms. The number of ketones is 1. The van der Waals surface area contributed by atoms with Gasteiger partial charge in [-0.1, -0.05) is 12.8 Å². The van der Waals surface area contributed by atoms with Crippen LogP contribution in [0.25, 0.3) is 0 Å². The highest BCUT2D eigenvalue weighted by molar-refractivity contribution is 5.98.